The summed E-state index contributed by atoms with van der Waals surface area (Å²) in [7, 11) is 6.46. The third-order valence-electron chi connectivity index (χ3n) is 5.51. The molecule has 1 aliphatic rings. The molecule has 5 nitrogen and oxygen atoms in total. The minimum absolute atomic E-state index is 0.184. The van der Waals surface area contributed by atoms with Gasteiger partial charge in [-0.3, -0.25) is 0 Å². The van der Waals surface area contributed by atoms with E-state index in [0.717, 1.165) is 18.4 Å². The summed E-state index contributed by atoms with van der Waals surface area (Å²) in [6, 6.07) is 9.83. The highest BCUT2D eigenvalue weighted by molar-refractivity contribution is 5.55. The second-order valence-electron chi connectivity index (χ2n) is 6.89. The van der Waals surface area contributed by atoms with E-state index in [9.17, 15) is 5.11 Å². The minimum Gasteiger partial charge on any atom is -0.504 e. The van der Waals surface area contributed by atoms with Crippen molar-refractivity contribution in [1.29, 1.82) is 0 Å². The van der Waals surface area contributed by atoms with Gasteiger partial charge in [-0.15, -0.1) is 0 Å². The van der Waals surface area contributed by atoms with Crippen LogP contribution in [0, 0.1) is 0 Å². The topological polar surface area (TPSA) is 57.2 Å². The summed E-state index contributed by atoms with van der Waals surface area (Å²) in [5.41, 5.74) is 2.30. The van der Waals surface area contributed by atoms with E-state index in [4.69, 9.17) is 18.9 Å². The average molecular weight is 372 g/mol. The molecule has 1 fully saturated rings. The molecule has 2 atom stereocenters. The maximum Gasteiger partial charge on any atom is 0.203 e. The van der Waals surface area contributed by atoms with Crippen molar-refractivity contribution in [3.63, 3.8) is 0 Å². The first-order valence-electron chi connectivity index (χ1n) is 9.29. The minimum atomic E-state index is 0.184. The summed E-state index contributed by atoms with van der Waals surface area (Å²) in [5, 5.41) is 10.2. The van der Waals surface area contributed by atoms with E-state index >= 15 is 0 Å². The van der Waals surface area contributed by atoms with Crippen molar-refractivity contribution in [3.8, 4) is 28.7 Å². The predicted molar refractivity (Wildman–Crippen MR) is 105 cm³/mol. The van der Waals surface area contributed by atoms with Crippen LogP contribution in [0.3, 0.4) is 0 Å². The molecule has 2 unspecified atom stereocenters. The number of hydrogen-bond donors (Lipinski definition) is 1. The molecular formula is C22H28O5. The fourth-order valence-corrected chi connectivity index (χ4v) is 4.18. The highest BCUT2D eigenvalue weighted by Gasteiger charge is 2.30. The van der Waals surface area contributed by atoms with Crippen LogP contribution in [0.15, 0.2) is 30.3 Å². The Morgan fingerprint density at radius 1 is 0.704 bits per heavy atom. The fourth-order valence-electron chi connectivity index (χ4n) is 4.18. The molecule has 27 heavy (non-hydrogen) atoms. The maximum absolute atomic E-state index is 10.2. The number of ether oxygens (including phenoxy) is 4. The van der Waals surface area contributed by atoms with E-state index in [1.54, 1.807) is 28.4 Å². The maximum atomic E-state index is 10.2. The molecule has 1 N–H and O–H groups in total. The van der Waals surface area contributed by atoms with Crippen LogP contribution in [-0.2, 0) is 0 Å². The largest absolute Gasteiger partial charge is 0.504 e. The molecular weight excluding hydrogens is 344 g/mol. The number of methoxy groups -OCH3 is 4. The monoisotopic (exact) mass is 372 g/mol. The van der Waals surface area contributed by atoms with Crippen molar-refractivity contribution in [3.05, 3.63) is 41.5 Å². The Balaban J connectivity index is 2.02. The summed E-state index contributed by atoms with van der Waals surface area (Å²) in [6.45, 7) is 0. The molecule has 3 rings (SSSR count). The van der Waals surface area contributed by atoms with Crippen molar-refractivity contribution < 1.29 is 24.1 Å². The van der Waals surface area contributed by atoms with Crippen LogP contribution in [0.4, 0.5) is 0 Å². The summed E-state index contributed by atoms with van der Waals surface area (Å²) in [5.74, 6) is 3.28. The van der Waals surface area contributed by atoms with Gasteiger partial charge in [-0.1, -0.05) is 18.9 Å². The van der Waals surface area contributed by atoms with Crippen LogP contribution < -0.4 is 18.9 Å². The van der Waals surface area contributed by atoms with Gasteiger partial charge in [0.2, 0.25) is 5.75 Å². The number of hydrogen-bond acceptors (Lipinski definition) is 5. The van der Waals surface area contributed by atoms with Crippen molar-refractivity contribution in [1.82, 2.24) is 0 Å². The van der Waals surface area contributed by atoms with Crippen LogP contribution in [0.25, 0.3) is 0 Å². The summed E-state index contributed by atoms with van der Waals surface area (Å²) >= 11 is 0. The lowest BCUT2D eigenvalue weighted by Crippen LogP contribution is -2.16. The molecule has 0 amide bonds. The Morgan fingerprint density at radius 3 is 1.74 bits per heavy atom. The first-order chi connectivity index (χ1) is 13.1. The highest BCUT2D eigenvalue weighted by Crippen LogP contribution is 2.49. The van der Waals surface area contributed by atoms with Crippen LogP contribution in [-0.4, -0.2) is 33.5 Å². The van der Waals surface area contributed by atoms with Gasteiger partial charge in [-0.25, -0.2) is 0 Å². The molecule has 0 spiro atoms. The van der Waals surface area contributed by atoms with E-state index in [-0.39, 0.29) is 5.75 Å². The van der Waals surface area contributed by atoms with Gasteiger partial charge in [0.15, 0.2) is 23.0 Å². The third-order valence-corrected chi connectivity index (χ3v) is 5.51. The lowest BCUT2D eigenvalue weighted by Gasteiger charge is -2.33. The van der Waals surface area contributed by atoms with Crippen LogP contribution >= 0.6 is 0 Å². The Labute approximate surface area is 160 Å². The van der Waals surface area contributed by atoms with Gasteiger partial charge >= 0.3 is 0 Å². The molecule has 0 radical (unpaired) electrons. The lowest BCUT2D eigenvalue weighted by atomic mass is 9.72. The van der Waals surface area contributed by atoms with Gasteiger partial charge in [-0.05, 0) is 60.1 Å². The Morgan fingerprint density at radius 2 is 1.26 bits per heavy atom. The van der Waals surface area contributed by atoms with Crippen LogP contribution in [0.1, 0.15) is 48.6 Å². The van der Waals surface area contributed by atoms with Crippen LogP contribution in [0.2, 0.25) is 0 Å². The quantitative estimate of drug-likeness (QED) is 0.784. The molecule has 1 aliphatic carbocycles. The molecule has 0 aliphatic heterocycles. The lowest BCUT2D eigenvalue weighted by molar-refractivity contribution is 0.321. The Kier molecular flexibility index (Phi) is 5.99. The van der Waals surface area contributed by atoms with E-state index < -0.39 is 0 Å². The number of benzene rings is 2. The molecule has 1 saturated carbocycles. The van der Waals surface area contributed by atoms with Crippen molar-refractivity contribution in [2.75, 3.05) is 28.4 Å². The highest BCUT2D eigenvalue weighted by atomic mass is 16.5. The van der Waals surface area contributed by atoms with Crippen LogP contribution in [0.5, 0.6) is 28.7 Å². The van der Waals surface area contributed by atoms with Gasteiger partial charge in [0.1, 0.15) is 0 Å². The Bertz CT molecular complexity index is 761. The van der Waals surface area contributed by atoms with Gasteiger partial charge < -0.3 is 24.1 Å². The first kappa shape index (κ1) is 19.2. The summed E-state index contributed by atoms with van der Waals surface area (Å²) < 4.78 is 21.7. The third kappa shape index (κ3) is 3.77. The standard InChI is InChI=1S/C22H28O5/c1-24-19-10-9-14(11-18(19)23)16-7-5-6-8-17(16)15-12-20(25-2)22(27-4)21(13-15)26-3/h9-13,16-17,23H,5-8H2,1-4H3. The SMILES string of the molecule is COc1ccc(C2CCCCC2c2cc(OC)c(OC)c(OC)c2)cc1O. The van der Waals surface area contributed by atoms with Gasteiger partial charge in [0.25, 0.3) is 0 Å². The molecule has 2 aromatic carbocycles. The Hall–Kier alpha value is -2.56. The molecule has 0 bridgehead atoms. The van der Waals surface area contributed by atoms with Gasteiger partial charge in [-0.2, -0.15) is 0 Å². The van der Waals surface area contributed by atoms with Crippen molar-refractivity contribution >= 4 is 0 Å². The second-order valence-corrected chi connectivity index (χ2v) is 6.89. The normalized spacial score (nSPS) is 19.4. The van der Waals surface area contributed by atoms with Gasteiger partial charge in [0.05, 0.1) is 28.4 Å². The number of phenolic OH excluding ortho intramolecular Hbond substituents is 1. The van der Waals surface area contributed by atoms with Crippen molar-refractivity contribution in [2.24, 2.45) is 0 Å². The second kappa shape index (κ2) is 8.42. The fraction of sp³-hybridized carbons (Fsp3) is 0.455. The number of rotatable bonds is 6. The van der Waals surface area contributed by atoms with E-state index in [1.807, 2.05) is 24.3 Å². The molecule has 0 saturated heterocycles. The molecule has 5 heteroatoms. The summed E-state index contributed by atoms with van der Waals surface area (Å²) in [6.07, 6.45) is 4.52. The molecule has 2 aromatic rings. The summed E-state index contributed by atoms with van der Waals surface area (Å²) in [4.78, 5) is 0. The number of aromatic hydroxyl groups is 1. The van der Waals surface area contributed by atoms with E-state index in [2.05, 4.69) is 6.07 Å². The predicted octanol–water partition coefficient (Wildman–Crippen LogP) is 4.87. The first-order valence-corrected chi connectivity index (χ1v) is 9.29. The van der Waals surface area contributed by atoms with Gasteiger partial charge in [0, 0.05) is 0 Å². The average Bonchev–Trinajstić information content (AvgIpc) is 2.72. The van der Waals surface area contributed by atoms with E-state index in [1.165, 1.54) is 18.4 Å². The van der Waals surface area contributed by atoms with E-state index in [0.29, 0.717) is 34.8 Å². The zero-order valence-corrected chi connectivity index (χ0v) is 16.5. The zero-order valence-electron chi connectivity index (χ0n) is 16.5. The smallest absolute Gasteiger partial charge is 0.203 e. The molecule has 0 heterocycles. The zero-order chi connectivity index (χ0) is 19.4. The number of phenols is 1. The van der Waals surface area contributed by atoms with Crippen molar-refractivity contribution in [2.45, 2.75) is 37.5 Å². The molecule has 0 aromatic heterocycles. The molecule has 146 valence electrons.